The lowest BCUT2D eigenvalue weighted by molar-refractivity contribution is -0.192. The molecule has 0 aromatic carbocycles. The number of likely N-dealkylation sites (tertiary alicyclic amines) is 1. The second kappa shape index (κ2) is 8.86. The van der Waals surface area contributed by atoms with Crippen LogP contribution in [-0.2, 0) is 31.4 Å². The number of carboxylic acid groups (broad SMARTS) is 1. The van der Waals surface area contributed by atoms with Gasteiger partial charge in [-0.3, -0.25) is 14.8 Å². The molecule has 2 aliphatic heterocycles. The van der Waals surface area contributed by atoms with Gasteiger partial charge in [0.2, 0.25) is 0 Å². The van der Waals surface area contributed by atoms with Gasteiger partial charge in [-0.1, -0.05) is 0 Å². The van der Waals surface area contributed by atoms with Crippen molar-refractivity contribution in [1.82, 2.24) is 29.5 Å². The van der Waals surface area contributed by atoms with Gasteiger partial charge in [0, 0.05) is 63.3 Å². The van der Waals surface area contributed by atoms with Crippen molar-refractivity contribution < 1.29 is 27.9 Å². The molecular weight excluding hydrogens is 405 g/mol. The monoisotopic (exact) mass is 428 g/mol. The Bertz CT molecular complexity index is 901. The largest absolute Gasteiger partial charge is 0.490 e. The van der Waals surface area contributed by atoms with E-state index in [0.717, 1.165) is 69.1 Å². The summed E-state index contributed by atoms with van der Waals surface area (Å²) < 4.78 is 33.8. The van der Waals surface area contributed by atoms with Crippen molar-refractivity contribution in [1.29, 1.82) is 0 Å². The second-order valence-corrected chi connectivity index (χ2v) is 7.25. The smallest absolute Gasteiger partial charge is 0.475 e. The van der Waals surface area contributed by atoms with Crippen LogP contribution in [-0.4, -0.2) is 72.3 Å². The molecule has 0 unspecified atom stereocenters. The van der Waals surface area contributed by atoms with Crippen molar-refractivity contribution in [2.45, 2.75) is 38.5 Å². The van der Waals surface area contributed by atoms with E-state index in [1.54, 1.807) is 0 Å². The van der Waals surface area contributed by atoms with Gasteiger partial charge in [-0.05, 0) is 12.8 Å². The number of aliphatic carboxylic acids is 1. The third-order valence-corrected chi connectivity index (χ3v) is 5.14. The van der Waals surface area contributed by atoms with Gasteiger partial charge in [0.15, 0.2) is 5.69 Å². The van der Waals surface area contributed by atoms with E-state index in [1.807, 2.05) is 28.9 Å². The van der Waals surface area contributed by atoms with Crippen molar-refractivity contribution in [2.24, 2.45) is 7.05 Å². The number of carboxylic acids is 1. The summed E-state index contributed by atoms with van der Waals surface area (Å²) in [6.07, 6.45) is 1.81. The fourth-order valence-corrected chi connectivity index (χ4v) is 3.48. The van der Waals surface area contributed by atoms with Gasteiger partial charge >= 0.3 is 12.1 Å². The van der Waals surface area contributed by atoms with Gasteiger partial charge < -0.3 is 14.6 Å². The zero-order chi connectivity index (χ0) is 21.9. The minimum absolute atomic E-state index is 0.0823. The quantitative estimate of drug-likeness (QED) is 0.769. The Morgan fingerprint density at radius 1 is 1.23 bits per heavy atom. The number of aromatic nitrogens is 4. The average molecular weight is 428 g/mol. The summed E-state index contributed by atoms with van der Waals surface area (Å²) in [5, 5.41) is 14.5. The Balaban J connectivity index is 0.000000318. The predicted molar refractivity (Wildman–Crippen MR) is 98.4 cm³/mol. The van der Waals surface area contributed by atoms with Gasteiger partial charge in [-0.25, -0.2) is 9.78 Å². The van der Waals surface area contributed by atoms with Crippen LogP contribution in [0.3, 0.4) is 0 Å². The van der Waals surface area contributed by atoms with Crippen LogP contribution in [0.5, 0.6) is 0 Å². The lowest BCUT2D eigenvalue weighted by Crippen LogP contribution is -2.33. The number of nitrogens with one attached hydrogen (secondary N) is 1. The van der Waals surface area contributed by atoms with Crippen LogP contribution >= 0.6 is 0 Å². The number of rotatable bonds is 3. The Morgan fingerprint density at radius 3 is 2.47 bits per heavy atom. The third-order valence-electron chi connectivity index (χ3n) is 5.14. The van der Waals surface area contributed by atoms with E-state index < -0.39 is 12.1 Å². The Labute approximate surface area is 170 Å². The molecule has 9 nitrogen and oxygen atoms in total. The van der Waals surface area contributed by atoms with E-state index in [2.05, 4.69) is 20.1 Å². The standard InChI is InChI=1S/C16H22N6O.C2HF3O2/c1-20-9-5-17-14(20)11-21-8-4-13-12(10-21)15(19-18-13)16(23)22-6-2-3-7-22;3-2(4,5)1(6)7/h5,9H,2-4,6-8,10-11H2,1H3,(H,18,19);(H,6,7). The fraction of sp³-hybridized carbons (Fsp3) is 0.556. The molecule has 0 radical (unpaired) electrons. The number of amides is 1. The lowest BCUT2D eigenvalue weighted by Gasteiger charge is -2.26. The van der Waals surface area contributed by atoms with Gasteiger partial charge in [-0.15, -0.1) is 0 Å². The minimum Gasteiger partial charge on any atom is -0.475 e. The second-order valence-electron chi connectivity index (χ2n) is 7.25. The van der Waals surface area contributed by atoms with Crippen LogP contribution in [0.4, 0.5) is 13.2 Å². The van der Waals surface area contributed by atoms with Gasteiger partial charge in [0.05, 0.1) is 6.54 Å². The SMILES string of the molecule is Cn1ccnc1CN1CCc2[nH]nc(C(=O)N3CCCC3)c2C1.O=C(O)C(F)(F)F. The third kappa shape index (κ3) is 4.99. The molecule has 12 heteroatoms. The highest BCUT2D eigenvalue weighted by molar-refractivity contribution is 5.94. The Hall–Kier alpha value is -2.89. The highest BCUT2D eigenvalue weighted by atomic mass is 19.4. The molecule has 1 saturated heterocycles. The first-order valence-corrected chi connectivity index (χ1v) is 9.51. The molecule has 4 rings (SSSR count). The van der Waals surface area contributed by atoms with E-state index in [1.165, 1.54) is 0 Å². The van der Waals surface area contributed by atoms with Crippen LogP contribution in [0.1, 0.15) is 40.4 Å². The number of hydrogen-bond acceptors (Lipinski definition) is 5. The zero-order valence-corrected chi connectivity index (χ0v) is 16.4. The number of nitrogens with zero attached hydrogens (tertiary/aromatic N) is 5. The van der Waals surface area contributed by atoms with Gasteiger partial charge in [-0.2, -0.15) is 18.3 Å². The topological polar surface area (TPSA) is 107 Å². The van der Waals surface area contributed by atoms with Crippen molar-refractivity contribution in [3.05, 3.63) is 35.2 Å². The average Bonchev–Trinajstić information content (AvgIpc) is 3.43. The molecule has 30 heavy (non-hydrogen) atoms. The molecule has 164 valence electrons. The van der Waals surface area contributed by atoms with Crippen molar-refractivity contribution >= 4 is 11.9 Å². The number of carbonyl (C=O) groups excluding carboxylic acids is 1. The summed E-state index contributed by atoms with van der Waals surface area (Å²) in [4.78, 5) is 30.2. The summed E-state index contributed by atoms with van der Waals surface area (Å²) in [6, 6.07) is 0. The maximum Gasteiger partial charge on any atom is 0.490 e. The van der Waals surface area contributed by atoms with Gasteiger partial charge in [0.1, 0.15) is 5.82 Å². The molecule has 4 heterocycles. The number of aryl methyl sites for hydroxylation is 1. The number of imidazole rings is 1. The van der Waals surface area contributed by atoms with E-state index in [4.69, 9.17) is 9.90 Å². The zero-order valence-electron chi connectivity index (χ0n) is 16.4. The summed E-state index contributed by atoms with van der Waals surface area (Å²) in [7, 11) is 2.01. The van der Waals surface area contributed by atoms with Crippen LogP contribution in [0.25, 0.3) is 0 Å². The first-order chi connectivity index (χ1) is 14.2. The molecule has 1 fully saturated rings. The molecule has 0 saturated carbocycles. The van der Waals surface area contributed by atoms with E-state index in [-0.39, 0.29) is 5.91 Å². The number of alkyl halides is 3. The molecule has 2 aliphatic rings. The fourth-order valence-electron chi connectivity index (χ4n) is 3.48. The molecule has 2 aromatic rings. The maximum atomic E-state index is 12.7. The van der Waals surface area contributed by atoms with Crippen molar-refractivity contribution in [3.63, 3.8) is 0 Å². The molecule has 2 aromatic heterocycles. The molecule has 0 bridgehead atoms. The molecule has 1 amide bonds. The molecular formula is C18H23F3N6O3. The summed E-state index contributed by atoms with van der Waals surface area (Å²) in [5.74, 6) is -1.63. The van der Waals surface area contributed by atoms with E-state index in [9.17, 15) is 18.0 Å². The normalized spacial score (nSPS) is 16.7. The number of fused-ring (bicyclic) bond motifs is 1. The summed E-state index contributed by atoms with van der Waals surface area (Å²) in [6.45, 7) is 4.23. The highest BCUT2D eigenvalue weighted by Gasteiger charge is 2.38. The van der Waals surface area contributed by atoms with Crippen molar-refractivity contribution in [2.75, 3.05) is 19.6 Å². The van der Waals surface area contributed by atoms with E-state index >= 15 is 0 Å². The minimum atomic E-state index is -5.08. The highest BCUT2D eigenvalue weighted by Crippen LogP contribution is 2.23. The Morgan fingerprint density at radius 2 is 1.90 bits per heavy atom. The number of carbonyl (C=O) groups is 2. The van der Waals surface area contributed by atoms with Crippen LogP contribution < -0.4 is 0 Å². The summed E-state index contributed by atoms with van der Waals surface area (Å²) >= 11 is 0. The lowest BCUT2D eigenvalue weighted by atomic mass is 10.0. The Kier molecular flexibility index (Phi) is 6.44. The number of halogens is 3. The molecule has 2 N–H and O–H groups in total. The number of hydrogen-bond donors (Lipinski definition) is 2. The van der Waals surface area contributed by atoms with Crippen LogP contribution in [0, 0.1) is 0 Å². The summed E-state index contributed by atoms with van der Waals surface area (Å²) in [5.41, 5.74) is 2.80. The maximum absolute atomic E-state index is 12.7. The first-order valence-electron chi connectivity index (χ1n) is 9.51. The van der Waals surface area contributed by atoms with E-state index in [0.29, 0.717) is 5.69 Å². The van der Waals surface area contributed by atoms with Crippen molar-refractivity contribution in [3.8, 4) is 0 Å². The van der Waals surface area contributed by atoms with Crippen LogP contribution in [0.15, 0.2) is 12.4 Å². The first kappa shape index (κ1) is 21.8. The number of H-pyrrole nitrogens is 1. The number of aromatic amines is 1. The molecule has 0 atom stereocenters. The predicted octanol–water partition coefficient (Wildman–Crippen LogP) is 1.57. The molecule has 0 spiro atoms. The molecule has 0 aliphatic carbocycles. The van der Waals surface area contributed by atoms with Crippen LogP contribution in [0.2, 0.25) is 0 Å². The van der Waals surface area contributed by atoms with Gasteiger partial charge in [0.25, 0.3) is 5.91 Å².